The summed E-state index contributed by atoms with van der Waals surface area (Å²) in [4.78, 5) is 0. The number of hydrogen-bond donors (Lipinski definition) is 1. The molecule has 0 aliphatic heterocycles. The van der Waals surface area contributed by atoms with Crippen molar-refractivity contribution in [2.45, 2.75) is 9.90 Å². The highest BCUT2D eigenvalue weighted by Crippen LogP contribution is 2.29. The normalized spacial score (nSPS) is 11.8. The lowest BCUT2D eigenvalue weighted by Crippen LogP contribution is -2.22. The third-order valence-corrected chi connectivity index (χ3v) is 2.18. The van der Waals surface area contributed by atoms with E-state index >= 15 is 0 Å². The quantitative estimate of drug-likeness (QED) is 0.569. The van der Waals surface area contributed by atoms with Gasteiger partial charge in [-0.05, 0) is 24.0 Å². The summed E-state index contributed by atoms with van der Waals surface area (Å²) in [6, 6.07) is 9.32. The summed E-state index contributed by atoms with van der Waals surface area (Å²) in [7, 11) is 0. The molecule has 1 N–H and O–H groups in total. The number of aliphatic hydroxyl groups is 1. The van der Waals surface area contributed by atoms with E-state index in [9.17, 15) is 5.11 Å². The van der Waals surface area contributed by atoms with Crippen LogP contribution in [0.4, 0.5) is 0 Å². The molecule has 0 fully saturated rings. The number of hydrogen-bond acceptors (Lipinski definition) is 1. The SMILES string of the molecule is O[C@H](C#CC#Cc1ccccc1)C(Cl)(Cl)Cl. The molecule has 0 aromatic heterocycles. The Morgan fingerprint density at radius 1 is 1.06 bits per heavy atom. The molecule has 0 bridgehead atoms. The molecule has 16 heavy (non-hydrogen) atoms. The lowest BCUT2D eigenvalue weighted by Gasteiger charge is -2.11. The summed E-state index contributed by atoms with van der Waals surface area (Å²) in [6.45, 7) is 0. The summed E-state index contributed by atoms with van der Waals surface area (Å²) in [5, 5.41) is 9.25. The van der Waals surface area contributed by atoms with Crippen LogP contribution in [0, 0.1) is 23.7 Å². The second kappa shape index (κ2) is 6.04. The molecule has 0 amide bonds. The Morgan fingerprint density at radius 2 is 1.69 bits per heavy atom. The molecule has 0 radical (unpaired) electrons. The lowest BCUT2D eigenvalue weighted by molar-refractivity contribution is 0.237. The van der Waals surface area contributed by atoms with Gasteiger partial charge in [-0.15, -0.1) is 0 Å². The van der Waals surface area contributed by atoms with Gasteiger partial charge in [-0.1, -0.05) is 64.8 Å². The van der Waals surface area contributed by atoms with Crippen molar-refractivity contribution in [1.82, 2.24) is 0 Å². The highest BCUT2D eigenvalue weighted by atomic mass is 35.6. The fraction of sp³-hybridized carbons (Fsp3) is 0.167. The zero-order valence-corrected chi connectivity index (χ0v) is 10.3. The second-order valence-corrected chi connectivity index (χ2v) is 5.20. The molecular weight excluding hydrogens is 266 g/mol. The van der Waals surface area contributed by atoms with Crippen LogP contribution in [0.5, 0.6) is 0 Å². The van der Waals surface area contributed by atoms with Gasteiger partial charge in [-0.3, -0.25) is 0 Å². The van der Waals surface area contributed by atoms with Crippen LogP contribution in [0.15, 0.2) is 30.3 Å². The van der Waals surface area contributed by atoms with Gasteiger partial charge in [0.1, 0.15) is 0 Å². The van der Waals surface area contributed by atoms with Gasteiger partial charge in [0.25, 0.3) is 0 Å². The molecule has 0 aliphatic carbocycles. The first-order valence-corrected chi connectivity index (χ1v) is 5.45. The van der Waals surface area contributed by atoms with Crippen molar-refractivity contribution in [2.75, 3.05) is 0 Å². The van der Waals surface area contributed by atoms with E-state index in [1.807, 2.05) is 30.3 Å². The first kappa shape index (κ1) is 13.2. The van der Waals surface area contributed by atoms with Crippen LogP contribution in [0.25, 0.3) is 0 Å². The molecule has 0 heterocycles. The number of aliphatic hydroxyl groups excluding tert-OH is 1. The average Bonchev–Trinajstić information content (AvgIpc) is 2.24. The zero-order chi connectivity index (χ0) is 12.0. The van der Waals surface area contributed by atoms with Gasteiger partial charge in [-0.25, -0.2) is 0 Å². The summed E-state index contributed by atoms with van der Waals surface area (Å²) < 4.78 is -1.80. The van der Waals surface area contributed by atoms with Gasteiger partial charge in [-0.2, -0.15) is 0 Å². The number of halogens is 3. The van der Waals surface area contributed by atoms with Gasteiger partial charge in [0.05, 0.1) is 0 Å². The van der Waals surface area contributed by atoms with E-state index in [0.717, 1.165) is 5.56 Å². The molecule has 0 unspecified atom stereocenters. The highest BCUT2D eigenvalue weighted by molar-refractivity contribution is 6.68. The maximum Gasteiger partial charge on any atom is 0.227 e. The molecule has 1 rings (SSSR count). The molecule has 4 heteroatoms. The van der Waals surface area contributed by atoms with E-state index in [1.54, 1.807) is 0 Å². The van der Waals surface area contributed by atoms with Crippen LogP contribution in [-0.2, 0) is 0 Å². The van der Waals surface area contributed by atoms with Crippen LogP contribution < -0.4 is 0 Å². The predicted molar refractivity (Wildman–Crippen MR) is 67.4 cm³/mol. The summed E-state index contributed by atoms with van der Waals surface area (Å²) in [6.07, 6.45) is -1.34. The van der Waals surface area contributed by atoms with Crippen molar-refractivity contribution in [3.63, 3.8) is 0 Å². The summed E-state index contributed by atoms with van der Waals surface area (Å²) in [5.41, 5.74) is 0.833. The van der Waals surface area contributed by atoms with Gasteiger partial charge in [0.15, 0.2) is 6.10 Å². The fourth-order valence-electron chi connectivity index (χ4n) is 0.811. The Labute approximate surface area is 109 Å². The highest BCUT2D eigenvalue weighted by Gasteiger charge is 2.28. The van der Waals surface area contributed by atoms with Crippen molar-refractivity contribution in [3.05, 3.63) is 35.9 Å². The molecule has 1 atom stereocenters. The first-order valence-electron chi connectivity index (χ1n) is 4.31. The topological polar surface area (TPSA) is 20.2 Å². The van der Waals surface area contributed by atoms with E-state index in [1.165, 1.54) is 0 Å². The Bertz CT molecular complexity index is 454. The standard InChI is InChI=1S/C12H7Cl3O/c13-12(14,15)11(16)9-5-4-8-10-6-2-1-3-7-10/h1-3,6-7,11,16H/t11-/m1/s1. The molecule has 1 aromatic carbocycles. The molecule has 0 aliphatic rings. The van der Waals surface area contributed by atoms with Crippen LogP contribution in [0.2, 0.25) is 0 Å². The van der Waals surface area contributed by atoms with Crippen LogP contribution in [0.1, 0.15) is 5.56 Å². The third-order valence-electron chi connectivity index (χ3n) is 1.56. The fourth-order valence-corrected chi connectivity index (χ4v) is 0.975. The predicted octanol–water partition coefficient (Wildman–Crippen LogP) is 2.77. The largest absolute Gasteiger partial charge is 0.376 e. The monoisotopic (exact) mass is 272 g/mol. The smallest absolute Gasteiger partial charge is 0.227 e. The maximum absolute atomic E-state index is 9.25. The van der Waals surface area contributed by atoms with Crippen LogP contribution in [0.3, 0.4) is 0 Å². The number of rotatable bonds is 0. The average molecular weight is 274 g/mol. The van der Waals surface area contributed by atoms with E-state index in [0.29, 0.717) is 0 Å². The van der Waals surface area contributed by atoms with Crippen LogP contribution >= 0.6 is 34.8 Å². The minimum Gasteiger partial charge on any atom is -0.376 e. The minimum absolute atomic E-state index is 0.833. The van der Waals surface area contributed by atoms with Crippen molar-refractivity contribution >= 4 is 34.8 Å². The Hall–Kier alpha value is -0.830. The molecule has 1 nitrogen and oxygen atoms in total. The Balaban J connectivity index is 2.66. The van der Waals surface area contributed by atoms with Crippen molar-refractivity contribution < 1.29 is 5.11 Å². The van der Waals surface area contributed by atoms with Gasteiger partial charge < -0.3 is 5.11 Å². The summed E-state index contributed by atoms with van der Waals surface area (Å²) in [5.74, 6) is 10.1. The van der Waals surface area contributed by atoms with Crippen molar-refractivity contribution in [1.29, 1.82) is 0 Å². The second-order valence-electron chi connectivity index (χ2n) is 2.83. The van der Waals surface area contributed by atoms with E-state index < -0.39 is 9.90 Å². The van der Waals surface area contributed by atoms with Gasteiger partial charge in [0, 0.05) is 5.56 Å². The molecule has 0 spiro atoms. The van der Waals surface area contributed by atoms with Crippen molar-refractivity contribution in [3.8, 4) is 23.7 Å². The third kappa shape index (κ3) is 4.79. The lowest BCUT2D eigenvalue weighted by atomic mass is 10.2. The van der Waals surface area contributed by atoms with E-state index in [4.69, 9.17) is 34.8 Å². The number of alkyl halides is 3. The zero-order valence-electron chi connectivity index (χ0n) is 8.05. The van der Waals surface area contributed by atoms with E-state index in [-0.39, 0.29) is 0 Å². The van der Waals surface area contributed by atoms with Gasteiger partial charge >= 0.3 is 0 Å². The van der Waals surface area contributed by atoms with E-state index in [2.05, 4.69) is 23.7 Å². The maximum atomic E-state index is 9.25. The molecule has 0 saturated heterocycles. The summed E-state index contributed by atoms with van der Waals surface area (Å²) >= 11 is 16.2. The van der Waals surface area contributed by atoms with Crippen LogP contribution in [-0.4, -0.2) is 15.0 Å². The minimum atomic E-state index is -1.80. The first-order chi connectivity index (χ1) is 7.50. The Kier molecular flexibility index (Phi) is 5.00. The van der Waals surface area contributed by atoms with Crippen molar-refractivity contribution in [2.24, 2.45) is 0 Å². The van der Waals surface area contributed by atoms with Gasteiger partial charge in [0.2, 0.25) is 3.79 Å². The molecule has 1 aromatic rings. The molecular formula is C12H7Cl3O. The molecule has 0 saturated carbocycles. The Morgan fingerprint density at radius 3 is 2.25 bits per heavy atom. The molecule has 82 valence electrons. The number of benzene rings is 1.